The molecule has 1 aromatic heterocycles. The number of carbonyl (C=O) groups is 2. The SMILES string of the molecule is O=C(O)c1ccc(CCCCN2C(=O)C(=Cc3cccc(-c4cc(C(F)(F)F)cc(C(F)(F)F)c4)n3)SC2=S)cc1. The summed E-state index contributed by atoms with van der Waals surface area (Å²) in [5, 5.41) is 8.98. The molecule has 1 amide bonds. The average molecular weight is 611 g/mol. The molecule has 5 nitrogen and oxygen atoms in total. The number of benzene rings is 2. The second kappa shape index (κ2) is 12.0. The molecule has 1 aliphatic rings. The van der Waals surface area contributed by atoms with Gasteiger partial charge in [0, 0.05) is 12.1 Å². The topological polar surface area (TPSA) is 70.5 Å². The van der Waals surface area contributed by atoms with Crippen LogP contribution in [0.1, 0.15) is 45.6 Å². The fourth-order valence-electron chi connectivity index (χ4n) is 4.04. The molecular weight excluding hydrogens is 590 g/mol. The fraction of sp³-hybridized carbons (Fsp3) is 0.214. The predicted molar refractivity (Wildman–Crippen MR) is 146 cm³/mol. The number of thioether (sulfide) groups is 1. The molecule has 41 heavy (non-hydrogen) atoms. The molecule has 0 saturated carbocycles. The molecule has 214 valence electrons. The van der Waals surface area contributed by atoms with E-state index in [1.165, 1.54) is 41.3 Å². The van der Waals surface area contributed by atoms with Gasteiger partial charge in [0.15, 0.2) is 0 Å². The smallest absolute Gasteiger partial charge is 0.416 e. The number of halogens is 6. The van der Waals surface area contributed by atoms with E-state index in [2.05, 4.69) is 4.98 Å². The Morgan fingerprint density at radius 1 is 0.951 bits per heavy atom. The van der Waals surface area contributed by atoms with Gasteiger partial charge in [-0.3, -0.25) is 9.69 Å². The molecule has 1 saturated heterocycles. The quantitative estimate of drug-likeness (QED) is 0.122. The lowest BCUT2D eigenvalue weighted by atomic mass is 10.0. The number of amides is 1. The van der Waals surface area contributed by atoms with E-state index in [1.54, 1.807) is 12.1 Å². The Hall–Kier alpha value is -3.71. The molecule has 1 N–H and O–H groups in total. The summed E-state index contributed by atoms with van der Waals surface area (Å²) in [7, 11) is 0. The average Bonchev–Trinajstić information content (AvgIpc) is 3.17. The first-order chi connectivity index (χ1) is 19.2. The molecule has 0 unspecified atom stereocenters. The van der Waals surface area contributed by atoms with Crippen LogP contribution >= 0.6 is 24.0 Å². The number of hydrogen-bond acceptors (Lipinski definition) is 5. The molecule has 0 atom stereocenters. The van der Waals surface area contributed by atoms with E-state index in [0.29, 0.717) is 42.3 Å². The molecular formula is C28H20F6N2O3S2. The van der Waals surface area contributed by atoms with Gasteiger partial charge in [-0.1, -0.05) is 42.2 Å². The predicted octanol–water partition coefficient (Wildman–Crippen LogP) is 7.71. The number of hydrogen-bond donors (Lipinski definition) is 1. The summed E-state index contributed by atoms with van der Waals surface area (Å²) in [6.45, 7) is 0.340. The number of aromatic nitrogens is 1. The number of unbranched alkanes of at least 4 members (excludes halogenated alkanes) is 1. The first-order valence-corrected chi connectivity index (χ1v) is 13.3. The number of rotatable bonds is 8. The fourth-order valence-corrected chi connectivity index (χ4v) is 5.33. The van der Waals surface area contributed by atoms with Gasteiger partial charge in [-0.15, -0.1) is 0 Å². The summed E-state index contributed by atoms with van der Waals surface area (Å²) in [6.07, 6.45) is -6.59. The summed E-state index contributed by atoms with van der Waals surface area (Å²) < 4.78 is 80.0. The third-order valence-electron chi connectivity index (χ3n) is 6.10. The van der Waals surface area contributed by atoms with Crippen LogP contribution in [0.4, 0.5) is 26.3 Å². The Morgan fingerprint density at radius 3 is 2.17 bits per heavy atom. The molecule has 2 aromatic carbocycles. The van der Waals surface area contributed by atoms with Gasteiger partial charge in [-0.2, -0.15) is 26.3 Å². The lowest BCUT2D eigenvalue weighted by Gasteiger charge is -2.14. The standard InChI is InChI=1S/C28H20F6N2O3S2/c29-27(30,31)19-12-18(13-20(14-19)28(32,33)34)22-6-3-5-21(35-22)15-23-24(37)36(26(40)41-23)11-2-1-4-16-7-9-17(10-8-16)25(38)39/h3,5-10,12-15H,1-2,4,11H2,(H,38,39). The Labute approximate surface area is 239 Å². The van der Waals surface area contributed by atoms with Crippen molar-refractivity contribution in [2.24, 2.45) is 0 Å². The molecule has 0 aliphatic carbocycles. The van der Waals surface area contributed by atoms with Gasteiger partial charge < -0.3 is 5.11 Å². The summed E-state index contributed by atoms with van der Waals surface area (Å²) in [5.41, 5.74) is -2.08. The largest absolute Gasteiger partial charge is 0.478 e. The molecule has 0 spiro atoms. The van der Waals surface area contributed by atoms with Gasteiger partial charge >= 0.3 is 18.3 Å². The second-order valence-corrected chi connectivity index (χ2v) is 10.7. The van der Waals surface area contributed by atoms with Crippen molar-refractivity contribution in [3.63, 3.8) is 0 Å². The van der Waals surface area contributed by atoms with Crippen LogP contribution in [0.2, 0.25) is 0 Å². The zero-order valence-electron chi connectivity index (χ0n) is 20.9. The zero-order chi connectivity index (χ0) is 29.9. The summed E-state index contributed by atoms with van der Waals surface area (Å²) >= 11 is 6.36. The monoisotopic (exact) mass is 610 g/mol. The minimum absolute atomic E-state index is 0.0494. The lowest BCUT2D eigenvalue weighted by molar-refractivity contribution is -0.143. The highest BCUT2D eigenvalue weighted by atomic mass is 32.2. The van der Waals surface area contributed by atoms with E-state index < -0.39 is 29.4 Å². The van der Waals surface area contributed by atoms with Crippen LogP contribution < -0.4 is 0 Å². The maximum atomic E-state index is 13.3. The van der Waals surface area contributed by atoms with Gasteiger partial charge in [-0.25, -0.2) is 9.78 Å². The van der Waals surface area contributed by atoms with Crippen LogP contribution in [0.3, 0.4) is 0 Å². The van der Waals surface area contributed by atoms with Crippen molar-refractivity contribution >= 4 is 46.3 Å². The number of pyridine rings is 1. The minimum atomic E-state index is -4.99. The maximum absolute atomic E-state index is 13.3. The third-order valence-corrected chi connectivity index (χ3v) is 7.48. The Bertz CT molecular complexity index is 1490. The van der Waals surface area contributed by atoms with E-state index in [4.69, 9.17) is 17.3 Å². The number of carboxylic acids is 1. The van der Waals surface area contributed by atoms with Crippen molar-refractivity contribution in [2.75, 3.05) is 6.54 Å². The first-order valence-electron chi connectivity index (χ1n) is 12.1. The Morgan fingerprint density at radius 2 is 1.59 bits per heavy atom. The highest BCUT2D eigenvalue weighted by molar-refractivity contribution is 8.26. The van der Waals surface area contributed by atoms with Crippen LogP contribution in [0.5, 0.6) is 0 Å². The summed E-state index contributed by atoms with van der Waals surface area (Å²) in [6, 6.07) is 11.9. The molecule has 0 radical (unpaired) electrons. The van der Waals surface area contributed by atoms with Crippen LogP contribution in [0.15, 0.2) is 65.6 Å². The van der Waals surface area contributed by atoms with E-state index in [0.717, 1.165) is 17.3 Å². The number of aromatic carboxylic acids is 1. The van der Waals surface area contributed by atoms with Crippen molar-refractivity contribution in [3.8, 4) is 11.3 Å². The number of carbonyl (C=O) groups excluding carboxylic acids is 1. The lowest BCUT2D eigenvalue weighted by Crippen LogP contribution is -2.29. The van der Waals surface area contributed by atoms with Crippen molar-refractivity contribution in [2.45, 2.75) is 31.6 Å². The number of aryl methyl sites for hydroxylation is 1. The van der Waals surface area contributed by atoms with Crippen LogP contribution in [0, 0.1) is 0 Å². The van der Waals surface area contributed by atoms with Crippen molar-refractivity contribution in [3.05, 3.63) is 93.5 Å². The van der Waals surface area contributed by atoms with Gasteiger partial charge in [0.2, 0.25) is 0 Å². The second-order valence-electron chi connectivity index (χ2n) is 9.03. The van der Waals surface area contributed by atoms with Crippen LogP contribution in [-0.2, 0) is 23.6 Å². The molecule has 2 heterocycles. The maximum Gasteiger partial charge on any atom is 0.416 e. The van der Waals surface area contributed by atoms with Crippen LogP contribution in [0.25, 0.3) is 17.3 Å². The highest BCUT2D eigenvalue weighted by Crippen LogP contribution is 2.39. The number of carboxylic acid groups (broad SMARTS) is 1. The van der Waals surface area contributed by atoms with Crippen molar-refractivity contribution in [1.82, 2.24) is 9.88 Å². The third kappa shape index (κ3) is 7.53. The number of alkyl halides is 6. The van der Waals surface area contributed by atoms with Crippen molar-refractivity contribution in [1.29, 1.82) is 0 Å². The minimum Gasteiger partial charge on any atom is -0.478 e. The van der Waals surface area contributed by atoms with Crippen molar-refractivity contribution < 1.29 is 41.0 Å². The Kier molecular flexibility index (Phi) is 8.88. The van der Waals surface area contributed by atoms with E-state index in [-0.39, 0.29) is 39.4 Å². The molecule has 1 fully saturated rings. The first kappa shape index (κ1) is 30.3. The van der Waals surface area contributed by atoms with Gasteiger partial charge in [0.25, 0.3) is 5.91 Å². The molecule has 3 aromatic rings. The Balaban J connectivity index is 1.46. The van der Waals surface area contributed by atoms with E-state index in [1.807, 2.05) is 0 Å². The molecule has 13 heteroatoms. The summed E-state index contributed by atoms with van der Waals surface area (Å²) in [5.74, 6) is -1.39. The molecule has 1 aliphatic heterocycles. The van der Waals surface area contributed by atoms with E-state index >= 15 is 0 Å². The van der Waals surface area contributed by atoms with Gasteiger partial charge in [0.1, 0.15) is 4.32 Å². The van der Waals surface area contributed by atoms with Gasteiger partial charge in [-0.05, 0) is 73.4 Å². The number of nitrogens with zero attached hydrogens (tertiary/aromatic N) is 2. The zero-order valence-corrected chi connectivity index (χ0v) is 22.6. The molecule has 0 bridgehead atoms. The highest BCUT2D eigenvalue weighted by Gasteiger charge is 2.37. The number of thiocarbonyl (C=S) groups is 1. The normalized spacial score (nSPS) is 15.2. The van der Waals surface area contributed by atoms with E-state index in [9.17, 15) is 35.9 Å². The van der Waals surface area contributed by atoms with Gasteiger partial charge in [0.05, 0.1) is 33.0 Å². The van der Waals surface area contributed by atoms with Crippen LogP contribution in [-0.4, -0.2) is 37.7 Å². The molecule has 4 rings (SSSR count). The summed E-state index contributed by atoms with van der Waals surface area (Å²) in [4.78, 5) is 29.8.